The Morgan fingerprint density at radius 1 is 1.17 bits per heavy atom. The molecule has 1 fully saturated rings. The SMILES string of the molecule is CC(=O)NS(=O)(=O)C1CCN(c2ncc(-c3cn4c(Cc5ccccc5OC(F)F)c(C)nc4cc3F)cn2)CC1. The number of amides is 1. The zero-order chi connectivity index (χ0) is 29.3. The van der Waals surface area contributed by atoms with Crippen LogP contribution in [0.1, 0.15) is 36.7 Å². The van der Waals surface area contributed by atoms with Crippen LogP contribution in [0.2, 0.25) is 0 Å². The molecule has 1 aliphatic rings. The second-order valence-corrected chi connectivity index (χ2v) is 11.7. The molecule has 1 aliphatic heterocycles. The Balaban J connectivity index is 1.37. The molecule has 1 saturated heterocycles. The number of fused-ring (bicyclic) bond motifs is 1. The van der Waals surface area contributed by atoms with Crippen LogP contribution in [-0.4, -0.2) is 58.6 Å². The number of imidazole rings is 1. The molecule has 0 radical (unpaired) electrons. The molecule has 1 amide bonds. The van der Waals surface area contributed by atoms with E-state index in [1.807, 2.05) is 9.62 Å². The van der Waals surface area contributed by atoms with Gasteiger partial charge in [0, 0.05) is 73.5 Å². The van der Waals surface area contributed by atoms with E-state index in [0.717, 1.165) is 6.92 Å². The number of hydrogen-bond acceptors (Lipinski definition) is 8. The van der Waals surface area contributed by atoms with Gasteiger partial charge >= 0.3 is 6.61 Å². The van der Waals surface area contributed by atoms with E-state index in [2.05, 4.69) is 19.7 Å². The van der Waals surface area contributed by atoms with Gasteiger partial charge < -0.3 is 14.0 Å². The molecule has 10 nitrogen and oxygen atoms in total. The molecule has 0 bridgehead atoms. The number of piperidine rings is 1. The molecule has 14 heteroatoms. The van der Waals surface area contributed by atoms with Gasteiger partial charge in [0.05, 0.1) is 10.9 Å². The second kappa shape index (κ2) is 11.4. The highest BCUT2D eigenvalue weighted by Crippen LogP contribution is 2.29. The number of aromatic nitrogens is 4. The molecule has 5 rings (SSSR count). The van der Waals surface area contributed by atoms with E-state index in [0.29, 0.717) is 60.0 Å². The number of nitrogens with zero attached hydrogens (tertiary/aromatic N) is 5. The first kappa shape index (κ1) is 28.3. The van der Waals surface area contributed by atoms with Crippen molar-refractivity contribution < 1.29 is 31.1 Å². The molecule has 1 aromatic carbocycles. The van der Waals surface area contributed by atoms with Crippen molar-refractivity contribution in [3.8, 4) is 16.9 Å². The van der Waals surface area contributed by atoms with Crippen molar-refractivity contribution in [2.24, 2.45) is 0 Å². The van der Waals surface area contributed by atoms with Crippen LogP contribution >= 0.6 is 0 Å². The van der Waals surface area contributed by atoms with Crippen LogP contribution in [0.5, 0.6) is 5.75 Å². The third-order valence-electron chi connectivity index (χ3n) is 6.95. The minimum Gasteiger partial charge on any atom is -0.435 e. The molecular formula is C27H27F3N6O4S. The van der Waals surface area contributed by atoms with E-state index in [1.165, 1.54) is 24.5 Å². The Kier molecular flexibility index (Phi) is 7.84. The number of aryl methyl sites for hydroxylation is 1. The number of sulfonamides is 1. The third-order valence-corrected chi connectivity index (χ3v) is 8.88. The lowest BCUT2D eigenvalue weighted by molar-refractivity contribution is -0.117. The lowest BCUT2D eigenvalue weighted by Crippen LogP contribution is -2.45. The molecule has 216 valence electrons. The number of carbonyl (C=O) groups excluding carboxylic acids is 1. The normalized spacial score (nSPS) is 14.5. The quantitative estimate of drug-likeness (QED) is 0.330. The molecule has 1 N–H and O–H groups in total. The maximum absolute atomic E-state index is 15.2. The molecule has 0 saturated carbocycles. The highest BCUT2D eigenvalue weighted by molar-refractivity contribution is 7.90. The molecule has 0 unspecified atom stereocenters. The van der Waals surface area contributed by atoms with Gasteiger partial charge in [-0.25, -0.2) is 27.8 Å². The highest BCUT2D eigenvalue weighted by Gasteiger charge is 2.31. The van der Waals surface area contributed by atoms with E-state index in [9.17, 15) is 22.0 Å². The second-order valence-electron chi connectivity index (χ2n) is 9.73. The van der Waals surface area contributed by atoms with Gasteiger partial charge in [-0.1, -0.05) is 18.2 Å². The number of nitrogens with one attached hydrogen (secondary N) is 1. The van der Waals surface area contributed by atoms with Gasteiger partial charge in [0.25, 0.3) is 0 Å². The smallest absolute Gasteiger partial charge is 0.387 e. The fourth-order valence-electron chi connectivity index (χ4n) is 4.97. The van der Waals surface area contributed by atoms with Crippen molar-refractivity contribution in [2.75, 3.05) is 18.0 Å². The number of rotatable bonds is 8. The van der Waals surface area contributed by atoms with Gasteiger partial charge in [0.1, 0.15) is 17.2 Å². The van der Waals surface area contributed by atoms with Gasteiger partial charge in [-0.05, 0) is 25.8 Å². The van der Waals surface area contributed by atoms with Crippen molar-refractivity contribution in [2.45, 2.75) is 45.0 Å². The molecule has 3 aromatic heterocycles. The topological polar surface area (TPSA) is 119 Å². The summed E-state index contributed by atoms with van der Waals surface area (Å²) in [6.45, 7) is 0.697. The van der Waals surface area contributed by atoms with E-state index in [4.69, 9.17) is 0 Å². The standard InChI is InChI=1S/C27H27F3N6O4S/c1-16-23(11-18-5-3-4-6-24(18)40-26(29)30)36-15-21(22(28)12-25(36)33-16)19-13-31-27(32-14-19)35-9-7-20(8-10-35)41(38,39)34-17(2)37/h3-6,12-15,20,26H,7-11H2,1-2H3,(H,34,37). The summed E-state index contributed by atoms with van der Waals surface area (Å²) in [4.78, 5) is 26.2. The van der Waals surface area contributed by atoms with Crippen molar-refractivity contribution in [1.82, 2.24) is 24.1 Å². The molecule has 0 spiro atoms. The van der Waals surface area contributed by atoms with Gasteiger partial charge in [-0.3, -0.25) is 9.52 Å². The maximum Gasteiger partial charge on any atom is 0.387 e. The highest BCUT2D eigenvalue weighted by atomic mass is 32.2. The molecule has 0 aliphatic carbocycles. The predicted octanol–water partition coefficient (Wildman–Crippen LogP) is 3.87. The molecule has 41 heavy (non-hydrogen) atoms. The number of halogens is 3. The molecule has 0 atom stereocenters. The molecular weight excluding hydrogens is 561 g/mol. The summed E-state index contributed by atoms with van der Waals surface area (Å²) in [5.41, 5.74) is 2.82. The van der Waals surface area contributed by atoms with Crippen molar-refractivity contribution >= 4 is 27.5 Å². The van der Waals surface area contributed by atoms with Crippen molar-refractivity contribution in [1.29, 1.82) is 0 Å². The minimum atomic E-state index is -3.74. The summed E-state index contributed by atoms with van der Waals surface area (Å²) < 4.78 is 74.0. The zero-order valence-electron chi connectivity index (χ0n) is 22.2. The van der Waals surface area contributed by atoms with Crippen molar-refractivity contribution in [3.05, 3.63) is 71.7 Å². The van der Waals surface area contributed by atoms with Gasteiger partial charge in [-0.15, -0.1) is 0 Å². The summed E-state index contributed by atoms with van der Waals surface area (Å²) in [7, 11) is -3.74. The van der Waals surface area contributed by atoms with Crippen LogP contribution in [0.3, 0.4) is 0 Å². The number of alkyl halides is 2. The Hall–Kier alpha value is -4.20. The van der Waals surface area contributed by atoms with Crippen LogP contribution < -0.4 is 14.4 Å². The lowest BCUT2D eigenvalue weighted by atomic mass is 10.1. The average molecular weight is 589 g/mol. The fraction of sp³-hybridized carbons (Fsp3) is 0.333. The van der Waals surface area contributed by atoms with Gasteiger partial charge in [-0.2, -0.15) is 8.78 Å². The van der Waals surface area contributed by atoms with Crippen LogP contribution in [0.25, 0.3) is 16.8 Å². The Labute approximate surface area is 234 Å². The maximum atomic E-state index is 15.2. The largest absolute Gasteiger partial charge is 0.435 e. The number of pyridine rings is 1. The molecule has 4 heterocycles. The van der Waals surface area contributed by atoms with Crippen LogP contribution in [-0.2, 0) is 21.2 Å². The first-order chi connectivity index (χ1) is 19.5. The average Bonchev–Trinajstić information content (AvgIpc) is 3.22. The van der Waals surface area contributed by atoms with E-state index < -0.39 is 33.6 Å². The third kappa shape index (κ3) is 6.11. The fourth-order valence-corrected chi connectivity index (χ4v) is 6.37. The Bertz CT molecular complexity index is 1690. The van der Waals surface area contributed by atoms with Gasteiger partial charge in [0.15, 0.2) is 0 Å². The Morgan fingerprint density at radius 3 is 2.51 bits per heavy atom. The monoisotopic (exact) mass is 588 g/mol. The van der Waals surface area contributed by atoms with Crippen LogP contribution in [0.15, 0.2) is 48.9 Å². The summed E-state index contributed by atoms with van der Waals surface area (Å²) in [5, 5.41) is -0.690. The summed E-state index contributed by atoms with van der Waals surface area (Å²) in [6.07, 6.45) is 5.38. The van der Waals surface area contributed by atoms with E-state index in [1.54, 1.807) is 35.7 Å². The van der Waals surface area contributed by atoms with Crippen LogP contribution in [0.4, 0.5) is 19.1 Å². The minimum absolute atomic E-state index is 0.0555. The van der Waals surface area contributed by atoms with E-state index in [-0.39, 0.29) is 17.7 Å². The number of hydrogen-bond donors (Lipinski definition) is 1. The summed E-state index contributed by atoms with van der Waals surface area (Å²) >= 11 is 0. The van der Waals surface area contributed by atoms with Crippen LogP contribution in [0, 0.1) is 12.7 Å². The number of ether oxygens (including phenoxy) is 1. The number of anilines is 1. The first-order valence-corrected chi connectivity index (χ1v) is 14.4. The van der Waals surface area contributed by atoms with Crippen molar-refractivity contribution in [3.63, 3.8) is 0 Å². The number of benzene rings is 1. The number of para-hydroxylation sites is 1. The lowest BCUT2D eigenvalue weighted by Gasteiger charge is -2.31. The summed E-state index contributed by atoms with van der Waals surface area (Å²) in [6, 6.07) is 7.78. The molecule has 4 aromatic rings. The van der Waals surface area contributed by atoms with E-state index >= 15 is 4.39 Å². The zero-order valence-corrected chi connectivity index (χ0v) is 23.0. The summed E-state index contributed by atoms with van der Waals surface area (Å²) in [5.74, 6) is -0.725. The predicted molar refractivity (Wildman–Crippen MR) is 145 cm³/mol. The van der Waals surface area contributed by atoms with Gasteiger partial charge in [0.2, 0.25) is 21.9 Å². The first-order valence-electron chi connectivity index (χ1n) is 12.8. The Morgan fingerprint density at radius 2 is 1.85 bits per heavy atom. The number of carbonyl (C=O) groups is 1.